The number of thioether (sulfide) groups is 1. The molecule has 0 bridgehead atoms. The van der Waals surface area contributed by atoms with Crippen molar-refractivity contribution in [2.24, 2.45) is 5.73 Å². The number of terminal acetylenes is 1. The molecule has 0 saturated carbocycles. The molecule has 0 fully saturated rings. The van der Waals surface area contributed by atoms with Gasteiger partial charge >= 0.3 is 12.0 Å². The number of hydrogen-bond acceptors (Lipinski definition) is 4. The molecule has 0 aliphatic heterocycles. The van der Waals surface area contributed by atoms with Gasteiger partial charge in [0.25, 0.3) is 0 Å². The predicted octanol–water partition coefficient (Wildman–Crippen LogP) is -1.02. The van der Waals surface area contributed by atoms with Crippen molar-refractivity contribution in [2.75, 3.05) is 18.1 Å². The molecule has 0 aromatic carbocycles. The molecule has 0 aliphatic rings. The zero-order valence-corrected chi connectivity index (χ0v) is 10.5. The van der Waals surface area contributed by atoms with Crippen LogP contribution in [0.15, 0.2) is 0 Å². The third-order valence-electron chi connectivity index (χ3n) is 1.73. The normalized spacial score (nSPS) is 11.1. The van der Waals surface area contributed by atoms with Gasteiger partial charge in [-0.05, 0) is 0 Å². The number of nitrogens with two attached hydrogens (primary N) is 1. The maximum Gasteiger partial charge on any atom is 0.326 e. The summed E-state index contributed by atoms with van der Waals surface area (Å²) in [5, 5.41) is 13.3. The van der Waals surface area contributed by atoms with E-state index in [2.05, 4.69) is 16.6 Å². The first kappa shape index (κ1) is 16.1. The molecule has 8 heteroatoms. The summed E-state index contributed by atoms with van der Waals surface area (Å²) in [5.74, 6) is 1.48. The summed E-state index contributed by atoms with van der Waals surface area (Å²) >= 11 is 1.46. The van der Waals surface area contributed by atoms with Crippen molar-refractivity contribution in [3.63, 3.8) is 0 Å². The van der Waals surface area contributed by atoms with E-state index in [1.54, 1.807) is 0 Å². The standard InChI is InChI=1S/C10H15N3O4S/c1-2-4-18-5-3-12-10(17)13-7(9(15)16)6-8(11)14/h1,7H,3-6H2,(H2,11,14)(H,15,16)(H2,12,13,17)/t7-/m1/s1. The van der Waals surface area contributed by atoms with Gasteiger partial charge in [-0.3, -0.25) is 4.79 Å². The maximum atomic E-state index is 11.3. The van der Waals surface area contributed by atoms with E-state index < -0.39 is 30.4 Å². The van der Waals surface area contributed by atoms with Gasteiger partial charge in [0.1, 0.15) is 6.04 Å². The average molecular weight is 273 g/mol. The van der Waals surface area contributed by atoms with Gasteiger partial charge in [0.2, 0.25) is 5.91 Å². The quantitative estimate of drug-likeness (QED) is 0.333. The second-order valence-corrected chi connectivity index (χ2v) is 4.32. The van der Waals surface area contributed by atoms with Crippen molar-refractivity contribution in [2.45, 2.75) is 12.5 Å². The van der Waals surface area contributed by atoms with Gasteiger partial charge in [-0.15, -0.1) is 18.2 Å². The van der Waals surface area contributed by atoms with E-state index in [0.29, 0.717) is 18.1 Å². The van der Waals surface area contributed by atoms with Crippen LogP contribution in [0.2, 0.25) is 0 Å². The average Bonchev–Trinajstić information content (AvgIpc) is 2.27. The van der Waals surface area contributed by atoms with Crippen molar-refractivity contribution in [3.8, 4) is 12.3 Å². The molecule has 3 amide bonds. The van der Waals surface area contributed by atoms with E-state index in [4.69, 9.17) is 17.3 Å². The lowest BCUT2D eigenvalue weighted by Crippen LogP contribution is -2.48. The summed E-state index contributed by atoms with van der Waals surface area (Å²) < 4.78 is 0. The van der Waals surface area contributed by atoms with Gasteiger partial charge in [0, 0.05) is 12.3 Å². The fraction of sp³-hybridized carbons (Fsp3) is 0.500. The van der Waals surface area contributed by atoms with Crippen molar-refractivity contribution < 1.29 is 19.5 Å². The second-order valence-electron chi connectivity index (χ2n) is 3.22. The molecule has 0 rings (SSSR count). The Morgan fingerprint density at radius 1 is 1.44 bits per heavy atom. The summed E-state index contributed by atoms with van der Waals surface area (Å²) in [4.78, 5) is 32.6. The van der Waals surface area contributed by atoms with E-state index in [1.807, 2.05) is 0 Å². The largest absolute Gasteiger partial charge is 0.480 e. The number of aliphatic carboxylic acids is 1. The molecule has 0 aromatic rings. The summed E-state index contributed by atoms with van der Waals surface area (Å²) in [6, 6.07) is -1.98. The topological polar surface area (TPSA) is 122 Å². The van der Waals surface area contributed by atoms with Gasteiger partial charge < -0.3 is 21.5 Å². The van der Waals surface area contributed by atoms with Crippen LogP contribution in [0, 0.1) is 12.3 Å². The number of carboxylic acids is 1. The lowest BCUT2D eigenvalue weighted by atomic mass is 10.2. The first-order valence-electron chi connectivity index (χ1n) is 5.04. The molecule has 100 valence electrons. The van der Waals surface area contributed by atoms with Crippen LogP contribution in [0.4, 0.5) is 4.79 Å². The number of carboxylic acid groups (broad SMARTS) is 1. The zero-order valence-electron chi connectivity index (χ0n) is 9.64. The highest BCUT2D eigenvalue weighted by molar-refractivity contribution is 7.99. The highest BCUT2D eigenvalue weighted by Gasteiger charge is 2.21. The Labute approximate surface area is 109 Å². The third-order valence-corrected chi connectivity index (χ3v) is 2.59. The fourth-order valence-electron chi connectivity index (χ4n) is 0.978. The van der Waals surface area contributed by atoms with E-state index >= 15 is 0 Å². The Morgan fingerprint density at radius 2 is 2.11 bits per heavy atom. The van der Waals surface area contributed by atoms with Gasteiger partial charge in [-0.2, -0.15) is 0 Å². The number of nitrogens with one attached hydrogen (secondary N) is 2. The minimum Gasteiger partial charge on any atom is -0.480 e. The van der Waals surface area contributed by atoms with Gasteiger partial charge in [0.15, 0.2) is 0 Å². The number of amides is 3. The molecule has 0 heterocycles. The summed E-state index contributed by atoms with van der Waals surface area (Å²) in [7, 11) is 0. The first-order chi connectivity index (χ1) is 8.47. The lowest BCUT2D eigenvalue weighted by Gasteiger charge is -2.13. The number of primary amides is 1. The molecule has 0 aliphatic carbocycles. The minimum absolute atomic E-state index is 0.348. The van der Waals surface area contributed by atoms with E-state index in [-0.39, 0.29) is 0 Å². The number of urea groups is 1. The Kier molecular flexibility index (Phi) is 8.22. The Morgan fingerprint density at radius 3 is 2.61 bits per heavy atom. The molecule has 0 unspecified atom stereocenters. The van der Waals surface area contributed by atoms with E-state index in [9.17, 15) is 14.4 Å². The highest BCUT2D eigenvalue weighted by atomic mass is 32.2. The van der Waals surface area contributed by atoms with Crippen LogP contribution in [0.5, 0.6) is 0 Å². The van der Waals surface area contributed by atoms with Crippen LogP contribution in [-0.4, -0.2) is 47.1 Å². The first-order valence-corrected chi connectivity index (χ1v) is 6.19. The number of rotatable bonds is 8. The van der Waals surface area contributed by atoms with Crippen LogP contribution in [0.25, 0.3) is 0 Å². The smallest absolute Gasteiger partial charge is 0.326 e. The Bertz CT molecular complexity index is 354. The zero-order chi connectivity index (χ0) is 14.0. The predicted molar refractivity (Wildman–Crippen MR) is 67.9 cm³/mol. The maximum absolute atomic E-state index is 11.3. The monoisotopic (exact) mass is 273 g/mol. The SMILES string of the molecule is C#CCSCCNC(=O)N[C@H](CC(N)=O)C(=O)O. The molecule has 0 spiro atoms. The number of carbonyl (C=O) groups excluding carboxylic acids is 2. The molecule has 5 N–H and O–H groups in total. The van der Waals surface area contributed by atoms with Gasteiger partial charge in [-0.1, -0.05) is 5.92 Å². The summed E-state index contributed by atoms with van der Waals surface area (Å²) in [6.45, 7) is 0.348. The van der Waals surface area contributed by atoms with E-state index in [0.717, 1.165) is 0 Å². The lowest BCUT2D eigenvalue weighted by molar-refractivity contribution is -0.140. The van der Waals surface area contributed by atoms with Gasteiger partial charge in [-0.25, -0.2) is 9.59 Å². The summed E-state index contributed by atoms with van der Waals surface area (Å²) in [5.41, 5.74) is 4.87. The van der Waals surface area contributed by atoms with Crippen molar-refractivity contribution in [1.82, 2.24) is 10.6 Å². The van der Waals surface area contributed by atoms with Crippen LogP contribution in [0.3, 0.4) is 0 Å². The number of hydrogen-bond donors (Lipinski definition) is 4. The second kappa shape index (κ2) is 9.18. The molecule has 0 aromatic heterocycles. The molecule has 1 atom stereocenters. The van der Waals surface area contributed by atoms with E-state index in [1.165, 1.54) is 11.8 Å². The molecular weight excluding hydrogens is 258 g/mol. The third kappa shape index (κ3) is 8.29. The van der Waals surface area contributed by atoms with Crippen LogP contribution in [-0.2, 0) is 9.59 Å². The van der Waals surface area contributed by atoms with Crippen molar-refractivity contribution >= 4 is 29.7 Å². The minimum atomic E-state index is -1.32. The van der Waals surface area contributed by atoms with Gasteiger partial charge in [0.05, 0.1) is 12.2 Å². The fourth-order valence-corrected chi connectivity index (χ4v) is 1.49. The van der Waals surface area contributed by atoms with Crippen LogP contribution >= 0.6 is 11.8 Å². The molecular formula is C10H15N3O4S. The number of carbonyl (C=O) groups is 3. The Hall–Kier alpha value is -1.88. The molecule has 0 saturated heterocycles. The van der Waals surface area contributed by atoms with Crippen LogP contribution < -0.4 is 16.4 Å². The summed E-state index contributed by atoms with van der Waals surface area (Å²) in [6.07, 6.45) is 4.59. The van der Waals surface area contributed by atoms with Crippen molar-refractivity contribution in [3.05, 3.63) is 0 Å². The van der Waals surface area contributed by atoms with Crippen molar-refractivity contribution in [1.29, 1.82) is 0 Å². The molecule has 18 heavy (non-hydrogen) atoms. The van der Waals surface area contributed by atoms with Crippen LogP contribution in [0.1, 0.15) is 6.42 Å². The molecule has 0 radical (unpaired) electrons. The highest BCUT2D eigenvalue weighted by Crippen LogP contribution is 1.95. The molecule has 7 nitrogen and oxygen atoms in total. The Balaban J connectivity index is 3.92.